The number of rotatable bonds is 7. The lowest BCUT2D eigenvalue weighted by Gasteiger charge is -2.17. The lowest BCUT2D eigenvalue weighted by molar-refractivity contribution is -0.125. The fraction of sp³-hybridized carbons (Fsp3) is 0.632. The smallest absolute Gasteiger partial charge is 0.252 e. The third kappa shape index (κ3) is 4.30. The lowest BCUT2D eigenvalue weighted by atomic mass is 10.1. The molecule has 0 saturated heterocycles. The van der Waals surface area contributed by atoms with Crippen LogP contribution in [0.2, 0.25) is 0 Å². The topological polar surface area (TPSA) is 122 Å². The maximum Gasteiger partial charge on any atom is 0.252 e. The minimum atomic E-state index is -0.696. The van der Waals surface area contributed by atoms with Crippen molar-refractivity contribution in [2.24, 2.45) is 5.92 Å². The number of aromatic nitrogens is 4. The molecule has 0 spiro atoms. The van der Waals surface area contributed by atoms with E-state index in [0.717, 1.165) is 23.4 Å². The van der Waals surface area contributed by atoms with Crippen molar-refractivity contribution >= 4 is 17.6 Å². The van der Waals surface area contributed by atoms with Crippen molar-refractivity contribution in [2.45, 2.75) is 65.0 Å². The molecular formula is C19H28N6O3. The molecule has 0 radical (unpaired) electrons. The molecule has 2 heterocycles. The standard InChI is InChI=1S/C19H28N6O3/c1-4-7-20-18(28)13-8-15(16(26)9-13)24-17(27)6-5-14-11(2)23-19-21-10-22-25(19)12(14)3/h10,13,15-16,26H,4-9H2,1-3H3,(H,20,28)(H,24,27)/t13-,15-,16-/m0/s1. The van der Waals surface area contributed by atoms with Crippen LogP contribution in [0, 0.1) is 19.8 Å². The van der Waals surface area contributed by atoms with Crippen LogP contribution in [-0.4, -0.2) is 55.2 Å². The SMILES string of the molecule is CCCNC(=O)[C@H]1C[C@H](NC(=O)CCc2c(C)nc3ncnn3c2C)[C@@H](O)C1. The number of carbonyl (C=O) groups is 2. The second kappa shape index (κ2) is 8.64. The molecule has 0 aliphatic heterocycles. The molecule has 0 aromatic carbocycles. The summed E-state index contributed by atoms with van der Waals surface area (Å²) in [5, 5.41) is 20.1. The number of carbonyl (C=O) groups excluding carboxylic acids is 2. The number of aliphatic hydroxyl groups is 1. The highest BCUT2D eigenvalue weighted by Crippen LogP contribution is 2.26. The molecule has 152 valence electrons. The summed E-state index contributed by atoms with van der Waals surface area (Å²) in [5.74, 6) is 0.104. The van der Waals surface area contributed by atoms with E-state index in [4.69, 9.17) is 0 Å². The van der Waals surface area contributed by atoms with E-state index in [2.05, 4.69) is 25.7 Å². The van der Waals surface area contributed by atoms with E-state index < -0.39 is 6.10 Å². The number of nitrogens with zero attached hydrogens (tertiary/aromatic N) is 4. The molecular weight excluding hydrogens is 360 g/mol. The highest BCUT2D eigenvalue weighted by molar-refractivity contribution is 5.80. The van der Waals surface area contributed by atoms with Crippen LogP contribution in [0.25, 0.3) is 5.78 Å². The average molecular weight is 388 g/mol. The van der Waals surface area contributed by atoms with Gasteiger partial charge in [0.25, 0.3) is 5.78 Å². The zero-order valence-corrected chi connectivity index (χ0v) is 16.6. The van der Waals surface area contributed by atoms with Crippen LogP contribution in [0.1, 0.15) is 49.6 Å². The molecule has 28 heavy (non-hydrogen) atoms. The molecule has 1 fully saturated rings. The van der Waals surface area contributed by atoms with Crippen LogP contribution in [-0.2, 0) is 16.0 Å². The Morgan fingerprint density at radius 1 is 1.32 bits per heavy atom. The van der Waals surface area contributed by atoms with Gasteiger partial charge in [-0.2, -0.15) is 10.1 Å². The molecule has 1 saturated carbocycles. The first-order valence-electron chi connectivity index (χ1n) is 9.81. The highest BCUT2D eigenvalue weighted by Gasteiger charge is 2.37. The molecule has 3 rings (SSSR count). The summed E-state index contributed by atoms with van der Waals surface area (Å²) >= 11 is 0. The predicted molar refractivity (Wildman–Crippen MR) is 103 cm³/mol. The fourth-order valence-corrected chi connectivity index (χ4v) is 3.81. The Kier molecular flexibility index (Phi) is 6.23. The Morgan fingerprint density at radius 3 is 2.86 bits per heavy atom. The Hall–Kier alpha value is -2.55. The van der Waals surface area contributed by atoms with Gasteiger partial charge in [0.2, 0.25) is 11.8 Å². The summed E-state index contributed by atoms with van der Waals surface area (Å²) < 4.78 is 1.67. The van der Waals surface area contributed by atoms with Crippen molar-refractivity contribution in [3.05, 3.63) is 23.3 Å². The van der Waals surface area contributed by atoms with Gasteiger partial charge in [-0.15, -0.1) is 0 Å². The number of amides is 2. The fourth-order valence-electron chi connectivity index (χ4n) is 3.81. The van der Waals surface area contributed by atoms with E-state index in [1.54, 1.807) is 4.52 Å². The van der Waals surface area contributed by atoms with Gasteiger partial charge in [0.05, 0.1) is 12.1 Å². The van der Waals surface area contributed by atoms with E-state index in [1.807, 2.05) is 20.8 Å². The van der Waals surface area contributed by atoms with Gasteiger partial charge in [-0.25, -0.2) is 9.50 Å². The molecule has 1 aliphatic carbocycles. The van der Waals surface area contributed by atoms with Crippen LogP contribution in [0.15, 0.2) is 6.33 Å². The number of hydrogen-bond donors (Lipinski definition) is 3. The van der Waals surface area contributed by atoms with Gasteiger partial charge in [-0.05, 0) is 45.1 Å². The number of fused-ring (bicyclic) bond motifs is 1. The van der Waals surface area contributed by atoms with E-state index >= 15 is 0 Å². The molecule has 2 aromatic heterocycles. The molecule has 0 bridgehead atoms. The first-order valence-corrected chi connectivity index (χ1v) is 9.81. The Labute approximate surface area is 163 Å². The van der Waals surface area contributed by atoms with Crippen molar-refractivity contribution in [3.63, 3.8) is 0 Å². The van der Waals surface area contributed by atoms with Crippen LogP contribution in [0.3, 0.4) is 0 Å². The van der Waals surface area contributed by atoms with Gasteiger partial charge in [0.15, 0.2) is 0 Å². The van der Waals surface area contributed by atoms with Gasteiger partial charge in [0.1, 0.15) is 6.33 Å². The summed E-state index contributed by atoms with van der Waals surface area (Å²) in [6.45, 7) is 6.46. The molecule has 2 aromatic rings. The highest BCUT2D eigenvalue weighted by atomic mass is 16.3. The van der Waals surface area contributed by atoms with Crippen molar-refractivity contribution in [3.8, 4) is 0 Å². The van der Waals surface area contributed by atoms with E-state index in [0.29, 0.717) is 31.6 Å². The minimum absolute atomic E-state index is 0.0453. The van der Waals surface area contributed by atoms with Crippen molar-refractivity contribution in [1.29, 1.82) is 0 Å². The van der Waals surface area contributed by atoms with Gasteiger partial charge in [-0.3, -0.25) is 9.59 Å². The first-order chi connectivity index (χ1) is 13.4. The lowest BCUT2D eigenvalue weighted by Crippen LogP contribution is -2.40. The zero-order chi connectivity index (χ0) is 20.3. The van der Waals surface area contributed by atoms with Crippen LogP contribution in [0.5, 0.6) is 0 Å². The summed E-state index contributed by atoms with van der Waals surface area (Å²) in [7, 11) is 0. The van der Waals surface area contributed by atoms with E-state index in [9.17, 15) is 14.7 Å². The van der Waals surface area contributed by atoms with Crippen molar-refractivity contribution in [1.82, 2.24) is 30.2 Å². The summed E-state index contributed by atoms with van der Waals surface area (Å²) in [6.07, 6.45) is 3.28. The number of nitrogens with one attached hydrogen (secondary N) is 2. The maximum absolute atomic E-state index is 12.4. The quantitative estimate of drug-likeness (QED) is 0.633. The van der Waals surface area contributed by atoms with Gasteiger partial charge >= 0.3 is 0 Å². The number of hydrogen-bond acceptors (Lipinski definition) is 6. The van der Waals surface area contributed by atoms with Crippen molar-refractivity contribution in [2.75, 3.05) is 6.54 Å². The predicted octanol–water partition coefficient (Wildman–Crippen LogP) is 0.456. The van der Waals surface area contributed by atoms with Crippen LogP contribution >= 0.6 is 0 Å². The molecule has 0 unspecified atom stereocenters. The summed E-state index contributed by atoms with van der Waals surface area (Å²) in [4.78, 5) is 33.0. The Bertz CT molecular complexity index is 865. The second-order valence-corrected chi connectivity index (χ2v) is 7.43. The third-order valence-electron chi connectivity index (χ3n) is 5.39. The zero-order valence-electron chi connectivity index (χ0n) is 16.6. The van der Waals surface area contributed by atoms with Gasteiger partial charge < -0.3 is 15.7 Å². The third-order valence-corrected chi connectivity index (χ3v) is 5.39. The normalized spacial score (nSPS) is 21.8. The van der Waals surface area contributed by atoms with E-state index in [1.165, 1.54) is 6.33 Å². The molecule has 1 aliphatic rings. The summed E-state index contributed by atoms with van der Waals surface area (Å²) in [6, 6.07) is -0.386. The number of aryl methyl sites for hydroxylation is 2. The van der Waals surface area contributed by atoms with E-state index in [-0.39, 0.29) is 30.2 Å². The van der Waals surface area contributed by atoms with Crippen LogP contribution < -0.4 is 10.6 Å². The molecule has 9 heteroatoms. The monoisotopic (exact) mass is 388 g/mol. The molecule has 3 N–H and O–H groups in total. The minimum Gasteiger partial charge on any atom is -0.391 e. The summed E-state index contributed by atoms with van der Waals surface area (Å²) in [5.41, 5.74) is 2.72. The molecule has 9 nitrogen and oxygen atoms in total. The van der Waals surface area contributed by atoms with Gasteiger partial charge in [-0.1, -0.05) is 6.92 Å². The number of aliphatic hydroxyl groups excluding tert-OH is 1. The van der Waals surface area contributed by atoms with Crippen molar-refractivity contribution < 1.29 is 14.7 Å². The molecule has 2 amide bonds. The second-order valence-electron chi connectivity index (χ2n) is 7.43. The molecule has 3 atom stereocenters. The Morgan fingerprint density at radius 2 is 2.11 bits per heavy atom. The van der Waals surface area contributed by atoms with Gasteiger partial charge in [0, 0.05) is 30.3 Å². The average Bonchev–Trinajstić information content (AvgIpc) is 3.26. The maximum atomic E-state index is 12.4. The van der Waals surface area contributed by atoms with Crippen LogP contribution in [0.4, 0.5) is 0 Å². The Balaban J connectivity index is 1.55. The first kappa shape index (κ1) is 20.2. The largest absolute Gasteiger partial charge is 0.391 e.